The predicted molar refractivity (Wildman–Crippen MR) is 88.9 cm³/mol. The molecule has 0 saturated carbocycles. The average molecular weight is 338 g/mol. The van der Waals surface area contributed by atoms with Crippen molar-refractivity contribution in [2.24, 2.45) is 11.1 Å². The first-order chi connectivity index (χ1) is 11.0. The molecule has 0 radical (unpaired) electrons. The predicted octanol–water partition coefficient (Wildman–Crippen LogP) is 1.46. The zero-order chi connectivity index (χ0) is 16.4. The van der Waals surface area contributed by atoms with E-state index in [1.54, 1.807) is 6.07 Å². The summed E-state index contributed by atoms with van der Waals surface area (Å²) in [7, 11) is -3.71. The Morgan fingerprint density at radius 3 is 3.04 bits per heavy atom. The van der Waals surface area contributed by atoms with Crippen molar-refractivity contribution in [1.82, 2.24) is 9.97 Å². The largest absolute Gasteiger partial charge is 0.381 e. The second kappa shape index (κ2) is 6.46. The Balaban J connectivity index is 1.82. The standard InChI is InChI=1S/C15H22N4O3S/c1-2-22-10-11-4-3-7-19(9-11)15-17-13-6-5-12(23(16,20)21)8-14(13)18-15/h5-6,8,11H,2-4,7,9-10H2,1H3,(H,17,18)(H2,16,20,21). The molecule has 23 heavy (non-hydrogen) atoms. The van der Waals surface area contributed by atoms with Crippen LogP contribution in [0.3, 0.4) is 0 Å². The van der Waals surface area contributed by atoms with Crippen LogP contribution in [0.15, 0.2) is 23.1 Å². The molecule has 1 fully saturated rings. The molecule has 1 atom stereocenters. The summed E-state index contributed by atoms with van der Waals surface area (Å²) in [4.78, 5) is 10.1. The van der Waals surface area contributed by atoms with Gasteiger partial charge in [-0.05, 0) is 43.9 Å². The third-order valence-electron chi connectivity index (χ3n) is 4.15. The zero-order valence-corrected chi connectivity index (χ0v) is 14.0. The first kappa shape index (κ1) is 16.2. The summed E-state index contributed by atoms with van der Waals surface area (Å²) >= 11 is 0. The smallest absolute Gasteiger partial charge is 0.238 e. The van der Waals surface area contributed by atoms with E-state index in [0.29, 0.717) is 11.4 Å². The van der Waals surface area contributed by atoms with E-state index in [1.807, 2.05) is 6.92 Å². The highest BCUT2D eigenvalue weighted by Gasteiger charge is 2.22. The van der Waals surface area contributed by atoms with Crippen molar-refractivity contribution in [2.45, 2.75) is 24.7 Å². The van der Waals surface area contributed by atoms with Crippen LogP contribution < -0.4 is 10.0 Å². The van der Waals surface area contributed by atoms with Gasteiger partial charge in [-0.3, -0.25) is 0 Å². The average Bonchev–Trinajstić information content (AvgIpc) is 2.95. The fourth-order valence-electron chi connectivity index (χ4n) is 2.98. The third-order valence-corrected chi connectivity index (χ3v) is 5.06. The molecular weight excluding hydrogens is 316 g/mol. The maximum Gasteiger partial charge on any atom is 0.238 e. The topological polar surface area (TPSA) is 101 Å². The Hall–Kier alpha value is -1.64. The number of rotatable bonds is 5. The minimum Gasteiger partial charge on any atom is -0.381 e. The van der Waals surface area contributed by atoms with Crippen molar-refractivity contribution in [1.29, 1.82) is 0 Å². The van der Waals surface area contributed by atoms with Crippen LogP contribution in [0.2, 0.25) is 0 Å². The molecule has 2 heterocycles. The summed E-state index contributed by atoms with van der Waals surface area (Å²) in [5.41, 5.74) is 1.41. The lowest BCUT2D eigenvalue weighted by Crippen LogP contribution is -2.37. The molecule has 126 valence electrons. The zero-order valence-electron chi connectivity index (χ0n) is 13.2. The fraction of sp³-hybridized carbons (Fsp3) is 0.533. The fourth-order valence-corrected chi connectivity index (χ4v) is 3.52. The number of nitrogens with zero attached hydrogens (tertiary/aromatic N) is 2. The van der Waals surface area contributed by atoms with Crippen molar-refractivity contribution < 1.29 is 13.2 Å². The van der Waals surface area contributed by atoms with Gasteiger partial charge in [0.25, 0.3) is 0 Å². The lowest BCUT2D eigenvalue weighted by Gasteiger charge is -2.32. The molecule has 8 heteroatoms. The van der Waals surface area contributed by atoms with Crippen LogP contribution in [-0.4, -0.2) is 44.7 Å². The molecule has 1 aliphatic heterocycles. The molecule has 3 N–H and O–H groups in total. The van der Waals surface area contributed by atoms with E-state index in [-0.39, 0.29) is 4.90 Å². The normalized spacial score (nSPS) is 19.4. The van der Waals surface area contributed by atoms with Gasteiger partial charge in [-0.1, -0.05) is 0 Å². The Kier molecular flexibility index (Phi) is 4.56. The molecule has 1 aromatic carbocycles. The molecule has 0 spiro atoms. The summed E-state index contributed by atoms with van der Waals surface area (Å²) in [6.45, 7) is 5.33. The van der Waals surface area contributed by atoms with Gasteiger partial charge < -0.3 is 14.6 Å². The van der Waals surface area contributed by atoms with Crippen molar-refractivity contribution in [2.75, 3.05) is 31.2 Å². The number of benzene rings is 1. The Morgan fingerprint density at radius 2 is 2.30 bits per heavy atom. The molecule has 1 saturated heterocycles. The Labute approximate surface area is 135 Å². The minimum atomic E-state index is -3.71. The van der Waals surface area contributed by atoms with Crippen molar-refractivity contribution in [3.8, 4) is 0 Å². The molecule has 1 unspecified atom stereocenters. The van der Waals surface area contributed by atoms with Crippen molar-refractivity contribution in [3.05, 3.63) is 18.2 Å². The molecule has 1 aliphatic rings. The highest BCUT2D eigenvalue weighted by Crippen LogP contribution is 2.25. The SMILES string of the molecule is CCOCC1CCCN(c2nc3ccc(S(N)(=O)=O)cc3[nH]2)C1. The number of fused-ring (bicyclic) bond motifs is 1. The van der Waals surface area contributed by atoms with Gasteiger partial charge in [0.1, 0.15) is 0 Å². The van der Waals surface area contributed by atoms with Gasteiger partial charge in [-0.2, -0.15) is 0 Å². The van der Waals surface area contributed by atoms with Crippen LogP contribution in [0.5, 0.6) is 0 Å². The number of sulfonamides is 1. The number of ether oxygens (including phenoxy) is 1. The maximum absolute atomic E-state index is 11.4. The minimum absolute atomic E-state index is 0.0908. The number of hydrogen-bond acceptors (Lipinski definition) is 5. The summed E-state index contributed by atoms with van der Waals surface area (Å²) in [6, 6.07) is 4.69. The van der Waals surface area contributed by atoms with Gasteiger partial charge in [0, 0.05) is 19.7 Å². The maximum atomic E-state index is 11.4. The van der Waals surface area contributed by atoms with Crippen molar-refractivity contribution in [3.63, 3.8) is 0 Å². The number of aromatic amines is 1. The van der Waals surface area contributed by atoms with Crippen LogP contribution in [-0.2, 0) is 14.8 Å². The van der Waals surface area contributed by atoms with Crippen LogP contribution >= 0.6 is 0 Å². The summed E-state index contributed by atoms with van der Waals surface area (Å²) < 4.78 is 28.4. The number of H-pyrrole nitrogens is 1. The molecule has 7 nitrogen and oxygen atoms in total. The second-order valence-corrected chi connectivity index (χ2v) is 7.46. The molecule has 3 rings (SSSR count). The van der Waals surface area contributed by atoms with Crippen LogP contribution in [0.1, 0.15) is 19.8 Å². The number of primary sulfonamides is 1. The monoisotopic (exact) mass is 338 g/mol. The van der Waals surface area contributed by atoms with Gasteiger partial charge in [0.15, 0.2) is 0 Å². The van der Waals surface area contributed by atoms with E-state index in [2.05, 4.69) is 14.9 Å². The second-order valence-electron chi connectivity index (χ2n) is 5.90. The van der Waals surface area contributed by atoms with Crippen LogP contribution in [0.25, 0.3) is 11.0 Å². The van der Waals surface area contributed by atoms with Crippen LogP contribution in [0.4, 0.5) is 5.95 Å². The quantitative estimate of drug-likeness (QED) is 0.859. The first-order valence-electron chi connectivity index (χ1n) is 7.82. The third kappa shape index (κ3) is 3.65. The number of hydrogen-bond donors (Lipinski definition) is 2. The Bertz CT molecular complexity index is 787. The summed E-state index contributed by atoms with van der Waals surface area (Å²) in [5.74, 6) is 1.27. The highest BCUT2D eigenvalue weighted by atomic mass is 32.2. The van der Waals surface area contributed by atoms with Crippen molar-refractivity contribution >= 4 is 27.0 Å². The molecule has 0 aliphatic carbocycles. The van der Waals surface area contributed by atoms with E-state index < -0.39 is 10.0 Å². The van der Waals surface area contributed by atoms with E-state index in [9.17, 15) is 8.42 Å². The molecule has 0 bridgehead atoms. The van der Waals surface area contributed by atoms with E-state index in [0.717, 1.165) is 50.6 Å². The molecule has 2 aromatic rings. The number of nitrogens with two attached hydrogens (primary N) is 1. The lowest BCUT2D eigenvalue weighted by molar-refractivity contribution is 0.104. The van der Waals surface area contributed by atoms with Gasteiger partial charge in [-0.15, -0.1) is 0 Å². The van der Waals surface area contributed by atoms with Crippen LogP contribution in [0, 0.1) is 5.92 Å². The number of aromatic nitrogens is 2. The number of nitrogens with one attached hydrogen (secondary N) is 1. The van der Waals surface area contributed by atoms with E-state index in [4.69, 9.17) is 9.88 Å². The summed E-state index contributed by atoms with van der Waals surface area (Å²) in [5, 5.41) is 5.18. The van der Waals surface area contributed by atoms with E-state index >= 15 is 0 Å². The number of anilines is 1. The lowest BCUT2D eigenvalue weighted by atomic mass is 9.99. The van der Waals surface area contributed by atoms with E-state index in [1.165, 1.54) is 12.1 Å². The first-order valence-corrected chi connectivity index (χ1v) is 9.37. The number of piperidine rings is 1. The highest BCUT2D eigenvalue weighted by molar-refractivity contribution is 7.89. The Morgan fingerprint density at radius 1 is 1.48 bits per heavy atom. The van der Waals surface area contributed by atoms with Gasteiger partial charge >= 0.3 is 0 Å². The molecular formula is C15H22N4O3S. The molecule has 0 amide bonds. The van der Waals surface area contributed by atoms with Gasteiger partial charge in [0.05, 0.1) is 22.5 Å². The molecule has 1 aromatic heterocycles. The number of imidazole rings is 1. The van der Waals surface area contributed by atoms with Gasteiger partial charge in [-0.25, -0.2) is 18.5 Å². The summed E-state index contributed by atoms with van der Waals surface area (Å²) in [6.07, 6.45) is 2.25. The van der Waals surface area contributed by atoms with Gasteiger partial charge in [0.2, 0.25) is 16.0 Å².